The molecule has 0 saturated carbocycles. The van der Waals surface area contributed by atoms with Crippen molar-refractivity contribution in [2.45, 2.75) is 39.2 Å². The van der Waals surface area contributed by atoms with E-state index < -0.39 is 0 Å². The second kappa shape index (κ2) is 8.08. The lowest BCUT2D eigenvalue weighted by Gasteiger charge is -2.10. The Balaban J connectivity index is 1.76. The molecule has 1 rings (SSSR count). The molecule has 90 valence electrons. The molecule has 15 heavy (non-hydrogen) atoms. The fraction of sp³-hybridized carbons (Fsp3) is 1.00. The predicted molar refractivity (Wildman–Crippen MR) is 62.1 cm³/mol. The molecule has 1 aliphatic heterocycles. The van der Waals surface area contributed by atoms with E-state index in [1.165, 1.54) is 12.8 Å². The van der Waals surface area contributed by atoms with Crippen molar-refractivity contribution < 1.29 is 9.47 Å². The third-order valence-electron chi connectivity index (χ3n) is 2.52. The van der Waals surface area contributed by atoms with Crippen LogP contribution < -0.4 is 5.32 Å². The molecule has 0 radical (unpaired) electrons. The summed E-state index contributed by atoms with van der Waals surface area (Å²) in [5.74, 6) is 0.734. The Morgan fingerprint density at radius 2 is 2.33 bits per heavy atom. The maximum Gasteiger partial charge on any atom is 0.0809 e. The van der Waals surface area contributed by atoms with Crippen LogP contribution in [0.2, 0.25) is 0 Å². The van der Waals surface area contributed by atoms with Crippen molar-refractivity contribution in [2.24, 2.45) is 5.92 Å². The first-order valence-corrected chi connectivity index (χ1v) is 6.19. The number of hydrogen-bond donors (Lipinski definition) is 1. The van der Waals surface area contributed by atoms with Gasteiger partial charge in [-0.1, -0.05) is 13.8 Å². The molecule has 1 aliphatic rings. The van der Waals surface area contributed by atoms with E-state index in [9.17, 15) is 0 Å². The highest BCUT2D eigenvalue weighted by molar-refractivity contribution is 4.63. The van der Waals surface area contributed by atoms with Gasteiger partial charge in [0.15, 0.2) is 0 Å². The lowest BCUT2D eigenvalue weighted by Crippen LogP contribution is -2.22. The molecule has 1 saturated heterocycles. The summed E-state index contributed by atoms with van der Waals surface area (Å²) in [6.45, 7) is 9.16. The minimum Gasteiger partial charge on any atom is -0.379 e. The van der Waals surface area contributed by atoms with Crippen LogP contribution in [-0.2, 0) is 9.47 Å². The maximum absolute atomic E-state index is 5.56. The molecule has 1 fully saturated rings. The maximum atomic E-state index is 5.56. The third kappa shape index (κ3) is 6.88. The van der Waals surface area contributed by atoms with Crippen LogP contribution in [0.15, 0.2) is 0 Å². The second-order valence-electron chi connectivity index (χ2n) is 4.66. The average molecular weight is 215 g/mol. The predicted octanol–water partition coefficient (Wildman–Crippen LogP) is 1.82. The second-order valence-corrected chi connectivity index (χ2v) is 4.66. The molecule has 1 heterocycles. The summed E-state index contributed by atoms with van der Waals surface area (Å²) < 4.78 is 11.0. The van der Waals surface area contributed by atoms with Gasteiger partial charge >= 0.3 is 0 Å². The summed E-state index contributed by atoms with van der Waals surface area (Å²) in [7, 11) is 0. The van der Waals surface area contributed by atoms with Gasteiger partial charge in [0.05, 0.1) is 12.7 Å². The molecule has 1 atom stereocenters. The zero-order valence-electron chi connectivity index (χ0n) is 10.1. The van der Waals surface area contributed by atoms with Gasteiger partial charge in [-0.3, -0.25) is 0 Å². The van der Waals surface area contributed by atoms with Crippen LogP contribution in [0.4, 0.5) is 0 Å². The first kappa shape index (κ1) is 12.9. The normalized spacial score (nSPS) is 21.4. The third-order valence-corrected chi connectivity index (χ3v) is 2.52. The molecule has 0 aromatic rings. The highest BCUT2D eigenvalue weighted by Gasteiger charge is 2.14. The smallest absolute Gasteiger partial charge is 0.0809 e. The van der Waals surface area contributed by atoms with E-state index in [1.54, 1.807) is 0 Å². The van der Waals surface area contributed by atoms with Gasteiger partial charge in [0.25, 0.3) is 0 Å². The van der Waals surface area contributed by atoms with Crippen LogP contribution in [-0.4, -0.2) is 39.0 Å². The van der Waals surface area contributed by atoms with E-state index in [0.29, 0.717) is 6.10 Å². The zero-order valence-corrected chi connectivity index (χ0v) is 10.1. The Labute approximate surface area is 93.5 Å². The molecule has 0 bridgehead atoms. The zero-order chi connectivity index (χ0) is 10.9. The van der Waals surface area contributed by atoms with Crippen molar-refractivity contribution in [3.63, 3.8) is 0 Å². The molecule has 0 aliphatic carbocycles. The molecular formula is C12H25NO2. The van der Waals surface area contributed by atoms with Crippen molar-refractivity contribution >= 4 is 0 Å². The first-order valence-electron chi connectivity index (χ1n) is 6.19. The van der Waals surface area contributed by atoms with Crippen molar-refractivity contribution in [3.05, 3.63) is 0 Å². The fourth-order valence-electron chi connectivity index (χ4n) is 1.68. The molecule has 0 spiro atoms. The Kier molecular flexibility index (Phi) is 6.98. The summed E-state index contributed by atoms with van der Waals surface area (Å²) in [5.41, 5.74) is 0. The molecular weight excluding hydrogens is 190 g/mol. The summed E-state index contributed by atoms with van der Waals surface area (Å²) in [6.07, 6.45) is 3.84. The quantitative estimate of drug-likeness (QED) is 0.626. The summed E-state index contributed by atoms with van der Waals surface area (Å²) in [5, 5.41) is 3.40. The van der Waals surface area contributed by atoms with Gasteiger partial charge in [0.2, 0.25) is 0 Å². The fourth-order valence-corrected chi connectivity index (χ4v) is 1.68. The van der Waals surface area contributed by atoms with Crippen LogP contribution in [0.25, 0.3) is 0 Å². The van der Waals surface area contributed by atoms with Crippen LogP contribution in [0.5, 0.6) is 0 Å². The monoisotopic (exact) mass is 215 g/mol. The van der Waals surface area contributed by atoms with Gasteiger partial charge in [-0.25, -0.2) is 0 Å². The standard InChI is InChI=1S/C12H25NO2/c1-11(2)9-13-6-4-7-14-10-12-5-3-8-15-12/h11-13H,3-10H2,1-2H3. The molecule has 1 N–H and O–H groups in total. The Morgan fingerprint density at radius 1 is 1.47 bits per heavy atom. The van der Waals surface area contributed by atoms with E-state index in [-0.39, 0.29) is 0 Å². The van der Waals surface area contributed by atoms with Crippen LogP contribution in [0.1, 0.15) is 33.1 Å². The Hall–Kier alpha value is -0.120. The van der Waals surface area contributed by atoms with Crippen molar-refractivity contribution in [3.8, 4) is 0 Å². The minimum atomic E-state index is 0.369. The topological polar surface area (TPSA) is 30.5 Å². The number of rotatable bonds is 8. The molecule has 0 aromatic heterocycles. The van der Waals surface area contributed by atoms with Gasteiger partial charge in [-0.05, 0) is 38.3 Å². The van der Waals surface area contributed by atoms with Gasteiger partial charge < -0.3 is 14.8 Å². The van der Waals surface area contributed by atoms with E-state index in [4.69, 9.17) is 9.47 Å². The largest absolute Gasteiger partial charge is 0.379 e. The minimum absolute atomic E-state index is 0.369. The van der Waals surface area contributed by atoms with Crippen molar-refractivity contribution in [1.29, 1.82) is 0 Å². The number of ether oxygens (including phenoxy) is 2. The number of hydrogen-bond acceptors (Lipinski definition) is 3. The van der Waals surface area contributed by atoms with E-state index >= 15 is 0 Å². The van der Waals surface area contributed by atoms with E-state index in [1.807, 2.05) is 0 Å². The molecule has 0 amide bonds. The Morgan fingerprint density at radius 3 is 3.00 bits per heavy atom. The SMILES string of the molecule is CC(C)CNCCCOCC1CCCO1. The molecule has 3 nitrogen and oxygen atoms in total. The van der Waals surface area contributed by atoms with Crippen molar-refractivity contribution in [2.75, 3.05) is 32.9 Å². The van der Waals surface area contributed by atoms with Crippen LogP contribution in [0.3, 0.4) is 0 Å². The summed E-state index contributed by atoms with van der Waals surface area (Å²) in [6, 6.07) is 0. The highest BCUT2D eigenvalue weighted by Crippen LogP contribution is 2.11. The average Bonchev–Trinajstić information content (AvgIpc) is 2.68. The first-order chi connectivity index (χ1) is 7.29. The van der Waals surface area contributed by atoms with E-state index in [0.717, 1.165) is 45.2 Å². The molecule has 1 unspecified atom stereocenters. The lowest BCUT2D eigenvalue weighted by molar-refractivity contribution is 0.0166. The van der Waals surface area contributed by atoms with E-state index in [2.05, 4.69) is 19.2 Å². The highest BCUT2D eigenvalue weighted by atomic mass is 16.5. The number of nitrogens with one attached hydrogen (secondary N) is 1. The van der Waals surface area contributed by atoms with Crippen molar-refractivity contribution in [1.82, 2.24) is 5.32 Å². The van der Waals surface area contributed by atoms with Gasteiger partial charge in [0.1, 0.15) is 0 Å². The lowest BCUT2D eigenvalue weighted by atomic mass is 10.2. The summed E-state index contributed by atoms with van der Waals surface area (Å²) in [4.78, 5) is 0. The summed E-state index contributed by atoms with van der Waals surface area (Å²) >= 11 is 0. The van der Waals surface area contributed by atoms with Gasteiger partial charge in [0, 0.05) is 13.2 Å². The molecule has 3 heteroatoms. The van der Waals surface area contributed by atoms with Gasteiger partial charge in [-0.2, -0.15) is 0 Å². The van der Waals surface area contributed by atoms with Crippen LogP contribution in [0, 0.1) is 5.92 Å². The Bertz CT molecular complexity index is 145. The van der Waals surface area contributed by atoms with Gasteiger partial charge in [-0.15, -0.1) is 0 Å². The van der Waals surface area contributed by atoms with Crippen LogP contribution >= 0.6 is 0 Å². The molecule has 0 aromatic carbocycles.